The molecule has 146 valence electrons. The van der Waals surface area contributed by atoms with Gasteiger partial charge < -0.3 is 9.47 Å². The van der Waals surface area contributed by atoms with E-state index in [-0.39, 0.29) is 5.97 Å². The summed E-state index contributed by atoms with van der Waals surface area (Å²) in [7, 11) is 1.73. The maximum Gasteiger partial charge on any atom is 0.330 e. The number of methoxy groups -OCH3 is 1. The van der Waals surface area contributed by atoms with Gasteiger partial charge in [0.25, 0.3) is 0 Å². The molecule has 3 heteroatoms. The Bertz CT molecular complexity index is 794. The second kappa shape index (κ2) is 9.59. The van der Waals surface area contributed by atoms with E-state index in [1.165, 1.54) is 46.2 Å². The molecule has 2 rings (SSSR count). The Kier molecular flexibility index (Phi) is 7.46. The van der Waals surface area contributed by atoms with E-state index in [0.717, 1.165) is 24.2 Å². The predicted octanol–water partition coefficient (Wildman–Crippen LogP) is 6.01. The highest BCUT2D eigenvalue weighted by atomic mass is 16.5. The molecule has 0 saturated heterocycles. The van der Waals surface area contributed by atoms with Crippen LogP contribution in [0.15, 0.2) is 35.4 Å². The van der Waals surface area contributed by atoms with Crippen molar-refractivity contribution in [3.63, 3.8) is 0 Å². The van der Waals surface area contributed by atoms with Gasteiger partial charge in [-0.2, -0.15) is 0 Å². The summed E-state index contributed by atoms with van der Waals surface area (Å²) in [5.41, 5.74) is 8.84. The topological polar surface area (TPSA) is 35.5 Å². The molecule has 0 heterocycles. The Morgan fingerprint density at radius 3 is 2.52 bits per heavy atom. The van der Waals surface area contributed by atoms with Crippen LogP contribution >= 0.6 is 0 Å². The van der Waals surface area contributed by atoms with E-state index in [0.29, 0.717) is 6.61 Å². The molecule has 1 aromatic rings. The highest BCUT2D eigenvalue weighted by Gasteiger charge is 2.19. The first kappa shape index (κ1) is 21.0. The average Bonchev–Trinajstić information content (AvgIpc) is 2.64. The van der Waals surface area contributed by atoms with E-state index in [1.54, 1.807) is 13.2 Å². The van der Waals surface area contributed by atoms with Gasteiger partial charge >= 0.3 is 5.97 Å². The normalized spacial score (nSPS) is 15.4. The third kappa shape index (κ3) is 5.12. The number of carbonyl (C=O) groups excluding carboxylic acids is 1. The molecule has 0 unspecified atom stereocenters. The Hall–Kier alpha value is -2.29. The summed E-state index contributed by atoms with van der Waals surface area (Å²) < 4.78 is 10.5. The van der Waals surface area contributed by atoms with E-state index in [2.05, 4.69) is 32.9 Å². The molecule has 1 aliphatic carbocycles. The van der Waals surface area contributed by atoms with Gasteiger partial charge in [0.1, 0.15) is 5.75 Å². The molecule has 0 atom stereocenters. The van der Waals surface area contributed by atoms with Crippen LogP contribution in [0.2, 0.25) is 0 Å². The lowest BCUT2D eigenvalue weighted by Gasteiger charge is -2.24. The number of ether oxygens (including phenoxy) is 2. The predicted molar refractivity (Wildman–Crippen MR) is 112 cm³/mol. The van der Waals surface area contributed by atoms with E-state index >= 15 is 0 Å². The van der Waals surface area contributed by atoms with Crippen molar-refractivity contribution in [1.82, 2.24) is 0 Å². The SMILES string of the molecule is CCOC(=O)/C=C(C)/C=C/C1=C(c2c(C)cc(OC)c(C)c2C)CCCC1. The van der Waals surface area contributed by atoms with Crippen molar-refractivity contribution in [3.05, 3.63) is 57.7 Å². The molecule has 27 heavy (non-hydrogen) atoms. The minimum absolute atomic E-state index is 0.282. The van der Waals surface area contributed by atoms with Crippen molar-refractivity contribution in [2.24, 2.45) is 0 Å². The highest BCUT2D eigenvalue weighted by Crippen LogP contribution is 2.39. The van der Waals surface area contributed by atoms with Crippen molar-refractivity contribution in [3.8, 4) is 5.75 Å². The van der Waals surface area contributed by atoms with Crippen LogP contribution in [-0.4, -0.2) is 19.7 Å². The molecule has 0 saturated carbocycles. The maximum atomic E-state index is 11.6. The summed E-state index contributed by atoms with van der Waals surface area (Å²) in [5, 5.41) is 0. The van der Waals surface area contributed by atoms with E-state index in [9.17, 15) is 4.79 Å². The summed E-state index contributed by atoms with van der Waals surface area (Å²) >= 11 is 0. The number of hydrogen-bond acceptors (Lipinski definition) is 3. The number of esters is 1. The minimum Gasteiger partial charge on any atom is -0.496 e. The van der Waals surface area contributed by atoms with E-state index in [1.807, 2.05) is 19.9 Å². The first-order valence-electron chi connectivity index (χ1n) is 9.79. The van der Waals surface area contributed by atoms with Crippen LogP contribution in [0.4, 0.5) is 0 Å². The van der Waals surface area contributed by atoms with Gasteiger partial charge in [-0.15, -0.1) is 0 Å². The number of carbonyl (C=O) groups is 1. The summed E-state index contributed by atoms with van der Waals surface area (Å²) in [6.45, 7) is 10.6. The zero-order valence-corrected chi connectivity index (χ0v) is 17.6. The number of aryl methyl sites for hydroxylation is 1. The van der Waals surface area contributed by atoms with Gasteiger partial charge in [-0.3, -0.25) is 0 Å². The van der Waals surface area contributed by atoms with Gasteiger partial charge in [-0.25, -0.2) is 4.79 Å². The molecular weight excluding hydrogens is 336 g/mol. The van der Waals surface area contributed by atoms with Crippen LogP contribution in [-0.2, 0) is 9.53 Å². The molecule has 0 spiro atoms. The van der Waals surface area contributed by atoms with Crippen molar-refractivity contribution in [2.45, 2.75) is 60.3 Å². The second-order valence-corrected chi connectivity index (χ2v) is 7.21. The zero-order valence-electron chi connectivity index (χ0n) is 17.6. The van der Waals surface area contributed by atoms with Crippen LogP contribution in [0.25, 0.3) is 5.57 Å². The van der Waals surface area contributed by atoms with Crippen LogP contribution in [0.5, 0.6) is 5.75 Å². The summed E-state index contributed by atoms with van der Waals surface area (Å²) in [6, 6.07) is 2.15. The maximum absolute atomic E-state index is 11.6. The number of benzene rings is 1. The lowest BCUT2D eigenvalue weighted by Crippen LogP contribution is -2.04. The fourth-order valence-electron chi connectivity index (χ4n) is 3.77. The smallest absolute Gasteiger partial charge is 0.330 e. The first-order chi connectivity index (χ1) is 12.9. The van der Waals surface area contributed by atoms with Crippen molar-refractivity contribution in [2.75, 3.05) is 13.7 Å². The standard InChI is InChI=1S/C24H32O3/c1-7-27-23(25)14-16(2)12-13-20-10-8-9-11-21(20)24-17(3)15-22(26-6)18(4)19(24)5/h12-15H,7-11H2,1-6H3/b13-12+,16-14+. The van der Waals surface area contributed by atoms with Crippen molar-refractivity contribution >= 4 is 11.5 Å². The van der Waals surface area contributed by atoms with Crippen LogP contribution in [0.1, 0.15) is 61.8 Å². The molecule has 0 bridgehead atoms. The number of rotatable bonds is 6. The Morgan fingerprint density at radius 2 is 1.85 bits per heavy atom. The Balaban J connectivity index is 2.44. The van der Waals surface area contributed by atoms with Crippen LogP contribution in [0, 0.1) is 20.8 Å². The summed E-state index contributed by atoms with van der Waals surface area (Å²) in [6.07, 6.45) is 10.3. The van der Waals surface area contributed by atoms with Crippen molar-refractivity contribution in [1.29, 1.82) is 0 Å². The third-order valence-electron chi connectivity index (χ3n) is 5.26. The largest absolute Gasteiger partial charge is 0.496 e. The van der Waals surface area contributed by atoms with Gasteiger partial charge in [-0.05, 0) is 105 Å². The van der Waals surface area contributed by atoms with Gasteiger partial charge in [0.2, 0.25) is 0 Å². The van der Waals surface area contributed by atoms with Gasteiger partial charge in [-0.1, -0.05) is 12.2 Å². The summed E-state index contributed by atoms with van der Waals surface area (Å²) in [5.74, 6) is 0.672. The van der Waals surface area contributed by atoms with Crippen LogP contribution in [0.3, 0.4) is 0 Å². The lowest BCUT2D eigenvalue weighted by molar-refractivity contribution is -0.137. The number of hydrogen-bond donors (Lipinski definition) is 0. The quantitative estimate of drug-likeness (QED) is 0.350. The molecule has 0 radical (unpaired) electrons. The fourth-order valence-corrected chi connectivity index (χ4v) is 3.77. The monoisotopic (exact) mass is 368 g/mol. The Labute approximate surface area is 163 Å². The third-order valence-corrected chi connectivity index (χ3v) is 5.26. The molecule has 0 N–H and O–H groups in total. The minimum atomic E-state index is -0.282. The molecule has 0 amide bonds. The van der Waals surface area contributed by atoms with E-state index in [4.69, 9.17) is 9.47 Å². The van der Waals surface area contributed by atoms with Crippen molar-refractivity contribution < 1.29 is 14.3 Å². The molecule has 0 fully saturated rings. The number of allylic oxidation sites excluding steroid dienone is 5. The molecule has 3 nitrogen and oxygen atoms in total. The van der Waals surface area contributed by atoms with Crippen LogP contribution < -0.4 is 4.74 Å². The highest BCUT2D eigenvalue weighted by molar-refractivity contribution is 5.83. The lowest BCUT2D eigenvalue weighted by atomic mass is 9.82. The zero-order chi connectivity index (χ0) is 20.0. The average molecular weight is 369 g/mol. The molecular formula is C24H32O3. The molecule has 0 aliphatic heterocycles. The van der Waals surface area contributed by atoms with Gasteiger partial charge in [0, 0.05) is 6.08 Å². The van der Waals surface area contributed by atoms with Gasteiger partial charge in [0.05, 0.1) is 13.7 Å². The molecule has 0 aromatic heterocycles. The molecule has 1 aliphatic rings. The van der Waals surface area contributed by atoms with Gasteiger partial charge in [0.15, 0.2) is 0 Å². The Morgan fingerprint density at radius 1 is 1.15 bits per heavy atom. The first-order valence-corrected chi connectivity index (χ1v) is 9.79. The second-order valence-electron chi connectivity index (χ2n) is 7.21. The fraction of sp³-hybridized carbons (Fsp3) is 0.458. The summed E-state index contributed by atoms with van der Waals surface area (Å²) in [4.78, 5) is 11.6. The van der Waals surface area contributed by atoms with E-state index < -0.39 is 0 Å². The molecule has 1 aromatic carbocycles.